The number of hydrogen-bond donors (Lipinski definition) is 2. The lowest BCUT2D eigenvalue weighted by atomic mass is 10.1. The lowest BCUT2D eigenvalue weighted by molar-refractivity contribution is 0.892. The summed E-state index contributed by atoms with van der Waals surface area (Å²) in [7, 11) is 0. The summed E-state index contributed by atoms with van der Waals surface area (Å²) in [5, 5.41) is 1.65. The number of nitrogens with zero attached hydrogens (tertiary/aromatic N) is 1. The molecule has 0 amide bonds. The Morgan fingerprint density at radius 3 is 2.46 bits per heavy atom. The van der Waals surface area contributed by atoms with Gasteiger partial charge in [0.2, 0.25) is 0 Å². The predicted molar refractivity (Wildman–Crippen MR) is 57.5 cm³/mol. The highest BCUT2D eigenvalue weighted by atomic mass is 15.4. The third kappa shape index (κ3) is 1.75. The molecular weight excluding hydrogens is 162 g/mol. The van der Waals surface area contributed by atoms with Gasteiger partial charge in [0.15, 0.2) is 0 Å². The van der Waals surface area contributed by atoms with Crippen LogP contribution < -0.4 is 16.6 Å². The maximum Gasteiger partial charge on any atom is 0.0749 e. The van der Waals surface area contributed by atoms with E-state index in [4.69, 9.17) is 11.6 Å². The number of hydrogen-bond acceptors (Lipinski definition) is 3. The predicted octanol–water partition coefficient (Wildman–Crippen LogP) is 1.59. The van der Waals surface area contributed by atoms with Crippen LogP contribution in [0.3, 0.4) is 0 Å². The van der Waals surface area contributed by atoms with E-state index in [1.807, 2.05) is 32.9 Å². The highest BCUT2D eigenvalue weighted by Crippen LogP contribution is 2.26. The van der Waals surface area contributed by atoms with E-state index in [1.165, 1.54) is 5.56 Å². The average Bonchev–Trinajstić information content (AvgIpc) is 2.13. The lowest BCUT2D eigenvalue weighted by Crippen LogP contribution is -2.31. The number of rotatable bonds is 2. The van der Waals surface area contributed by atoms with E-state index >= 15 is 0 Å². The van der Waals surface area contributed by atoms with Crippen molar-refractivity contribution >= 4 is 11.4 Å². The van der Waals surface area contributed by atoms with E-state index in [0.717, 1.165) is 23.5 Å². The topological polar surface area (TPSA) is 55.3 Å². The van der Waals surface area contributed by atoms with Crippen LogP contribution >= 0.6 is 0 Å². The van der Waals surface area contributed by atoms with Gasteiger partial charge in [-0.2, -0.15) is 0 Å². The van der Waals surface area contributed by atoms with Crippen LogP contribution in [0.1, 0.15) is 18.1 Å². The van der Waals surface area contributed by atoms with Crippen molar-refractivity contribution in [3.63, 3.8) is 0 Å². The molecule has 0 aliphatic heterocycles. The molecule has 72 valence electrons. The zero-order chi connectivity index (χ0) is 10.0. The fraction of sp³-hybridized carbons (Fsp3) is 0.400. The fourth-order valence-corrected chi connectivity index (χ4v) is 1.24. The molecule has 0 fully saturated rings. The molecule has 1 rings (SSSR count). The first-order valence-corrected chi connectivity index (χ1v) is 4.45. The van der Waals surface area contributed by atoms with Crippen molar-refractivity contribution < 1.29 is 0 Å². The van der Waals surface area contributed by atoms with Crippen LogP contribution in [0.5, 0.6) is 0 Å². The van der Waals surface area contributed by atoms with Crippen molar-refractivity contribution in [2.24, 2.45) is 5.84 Å². The summed E-state index contributed by atoms with van der Waals surface area (Å²) in [5.41, 5.74) is 9.94. The van der Waals surface area contributed by atoms with E-state index in [1.54, 1.807) is 5.01 Å². The quantitative estimate of drug-likeness (QED) is 0.412. The number of hydrazine groups is 1. The van der Waals surface area contributed by atoms with Crippen LogP contribution in [-0.4, -0.2) is 6.54 Å². The number of benzene rings is 1. The van der Waals surface area contributed by atoms with Crippen LogP contribution in [0.15, 0.2) is 12.1 Å². The van der Waals surface area contributed by atoms with Crippen molar-refractivity contribution in [1.29, 1.82) is 0 Å². The molecule has 0 unspecified atom stereocenters. The van der Waals surface area contributed by atoms with Gasteiger partial charge < -0.3 is 10.7 Å². The molecule has 0 spiro atoms. The molecule has 0 saturated heterocycles. The third-order valence-electron chi connectivity index (χ3n) is 2.41. The second kappa shape index (κ2) is 3.66. The summed E-state index contributed by atoms with van der Waals surface area (Å²) < 4.78 is 0. The van der Waals surface area contributed by atoms with Gasteiger partial charge in [0.25, 0.3) is 0 Å². The summed E-state index contributed by atoms with van der Waals surface area (Å²) >= 11 is 0. The summed E-state index contributed by atoms with van der Waals surface area (Å²) in [6.45, 7) is 6.81. The first-order chi connectivity index (χ1) is 6.07. The van der Waals surface area contributed by atoms with E-state index in [0.29, 0.717) is 0 Å². The van der Waals surface area contributed by atoms with Gasteiger partial charge in [-0.15, -0.1) is 0 Å². The number of nitrogens with two attached hydrogens (primary N) is 2. The molecule has 0 saturated carbocycles. The van der Waals surface area contributed by atoms with Gasteiger partial charge in [-0.05, 0) is 38.0 Å². The maximum atomic E-state index is 5.94. The fourth-order valence-electron chi connectivity index (χ4n) is 1.24. The molecular formula is C10H17N3. The zero-order valence-electron chi connectivity index (χ0n) is 8.46. The molecule has 0 heterocycles. The van der Waals surface area contributed by atoms with Gasteiger partial charge in [-0.1, -0.05) is 6.07 Å². The first-order valence-electron chi connectivity index (χ1n) is 4.45. The Kier molecular flexibility index (Phi) is 2.78. The molecule has 1 aromatic rings. The molecule has 0 aliphatic carbocycles. The van der Waals surface area contributed by atoms with Crippen molar-refractivity contribution in [2.75, 3.05) is 17.3 Å². The molecule has 0 aliphatic rings. The monoisotopic (exact) mass is 179 g/mol. The summed E-state index contributed by atoms with van der Waals surface area (Å²) in [6.07, 6.45) is 0. The average molecular weight is 179 g/mol. The number of anilines is 2. The smallest absolute Gasteiger partial charge is 0.0749 e. The molecule has 0 aromatic heterocycles. The Balaban J connectivity index is 3.18. The minimum Gasteiger partial charge on any atom is -0.397 e. The Hall–Kier alpha value is -1.22. The van der Waals surface area contributed by atoms with Gasteiger partial charge in [0, 0.05) is 6.54 Å². The normalized spacial score (nSPS) is 10.2. The van der Waals surface area contributed by atoms with Gasteiger partial charge in [0.05, 0.1) is 11.4 Å². The van der Waals surface area contributed by atoms with E-state index in [9.17, 15) is 0 Å². The molecule has 0 atom stereocenters. The van der Waals surface area contributed by atoms with Crippen LogP contribution in [0.2, 0.25) is 0 Å². The largest absolute Gasteiger partial charge is 0.397 e. The highest BCUT2D eigenvalue weighted by Gasteiger charge is 2.07. The molecule has 4 N–H and O–H groups in total. The Morgan fingerprint density at radius 1 is 1.31 bits per heavy atom. The third-order valence-corrected chi connectivity index (χ3v) is 2.41. The Morgan fingerprint density at radius 2 is 1.92 bits per heavy atom. The SMILES string of the molecule is CCN(N)c1ccc(C)c(C)c1N. The maximum absolute atomic E-state index is 5.94. The number of aryl methyl sites for hydroxylation is 1. The molecule has 13 heavy (non-hydrogen) atoms. The van der Waals surface area contributed by atoms with Crippen molar-refractivity contribution in [3.8, 4) is 0 Å². The first kappa shape index (κ1) is 9.86. The lowest BCUT2D eigenvalue weighted by Gasteiger charge is -2.20. The molecule has 0 radical (unpaired) electrons. The summed E-state index contributed by atoms with van der Waals surface area (Å²) in [6, 6.07) is 4.00. The van der Waals surface area contributed by atoms with Crippen molar-refractivity contribution in [2.45, 2.75) is 20.8 Å². The second-order valence-electron chi connectivity index (χ2n) is 3.23. The molecule has 1 aromatic carbocycles. The van der Waals surface area contributed by atoms with Gasteiger partial charge >= 0.3 is 0 Å². The minimum absolute atomic E-state index is 0.757. The Labute approximate surface area is 79.3 Å². The number of nitrogen functional groups attached to an aromatic ring is 1. The van der Waals surface area contributed by atoms with Gasteiger partial charge in [0.1, 0.15) is 0 Å². The Bertz CT molecular complexity index is 307. The van der Waals surface area contributed by atoms with Crippen LogP contribution in [0.25, 0.3) is 0 Å². The van der Waals surface area contributed by atoms with Crippen LogP contribution in [0, 0.1) is 13.8 Å². The van der Waals surface area contributed by atoms with Gasteiger partial charge in [-0.3, -0.25) is 0 Å². The van der Waals surface area contributed by atoms with E-state index < -0.39 is 0 Å². The second-order valence-corrected chi connectivity index (χ2v) is 3.23. The summed E-state index contributed by atoms with van der Waals surface area (Å²) in [4.78, 5) is 0. The molecule has 3 nitrogen and oxygen atoms in total. The van der Waals surface area contributed by atoms with Gasteiger partial charge in [-0.25, -0.2) is 5.84 Å². The van der Waals surface area contributed by atoms with Crippen LogP contribution in [0.4, 0.5) is 11.4 Å². The van der Waals surface area contributed by atoms with E-state index in [2.05, 4.69) is 0 Å². The summed E-state index contributed by atoms with van der Waals surface area (Å²) in [5.74, 6) is 5.77. The van der Waals surface area contributed by atoms with Crippen molar-refractivity contribution in [1.82, 2.24) is 0 Å². The van der Waals surface area contributed by atoms with Crippen molar-refractivity contribution in [3.05, 3.63) is 23.3 Å². The zero-order valence-corrected chi connectivity index (χ0v) is 8.46. The van der Waals surface area contributed by atoms with Crippen LogP contribution in [-0.2, 0) is 0 Å². The van der Waals surface area contributed by atoms with E-state index in [-0.39, 0.29) is 0 Å². The highest BCUT2D eigenvalue weighted by molar-refractivity contribution is 5.71. The molecule has 3 heteroatoms. The minimum atomic E-state index is 0.757. The standard InChI is InChI=1S/C10H17N3/c1-4-13(12)9-6-5-7(2)8(3)10(9)11/h5-6H,4,11-12H2,1-3H3. The molecule has 0 bridgehead atoms.